The van der Waals surface area contributed by atoms with Crippen molar-refractivity contribution >= 4 is 5.91 Å². The Labute approximate surface area is 97.9 Å². The Balaban J connectivity index is 2.49. The Morgan fingerprint density at radius 1 is 1.50 bits per heavy atom. The number of hydrogen-bond donors (Lipinski definition) is 2. The molecule has 1 aliphatic heterocycles. The van der Waals surface area contributed by atoms with Gasteiger partial charge in [0.15, 0.2) is 0 Å². The predicted molar refractivity (Wildman–Crippen MR) is 64.0 cm³/mol. The van der Waals surface area contributed by atoms with Crippen LogP contribution < -0.4 is 11.1 Å². The van der Waals surface area contributed by atoms with Crippen molar-refractivity contribution in [3.8, 4) is 0 Å². The zero-order chi connectivity index (χ0) is 12.2. The van der Waals surface area contributed by atoms with Crippen LogP contribution in [-0.2, 0) is 9.53 Å². The van der Waals surface area contributed by atoms with Crippen LogP contribution in [0.5, 0.6) is 0 Å². The van der Waals surface area contributed by atoms with Crippen molar-refractivity contribution in [3.63, 3.8) is 0 Å². The molecule has 1 rings (SSSR count). The smallest absolute Gasteiger partial charge is 0.237 e. The number of amides is 1. The molecule has 1 amide bonds. The van der Waals surface area contributed by atoms with Crippen LogP contribution in [0.2, 0.25) is 0 Å². The number of nitrogens with two attached hydrogens (primary N) is 1. The van der Waals surface area contributed by atoms with Gasteiger partial charge in [0.2, 0.25) is 5.91 Å². The Morgan fingerprint density at radius 3 is 2.56 bits per heavy atom. The number of ether oxygens (including phenoxy) is 1. The Hall–Kier alpha value is -0.610. The van der Waals surface area contributed by atoms with Crippen molar-refractivity contribution in [2.24, 2.45) is 11.7 Å². The van der Waals surface area contributed by atoms with Crippen LogP contribution >= 0.6 is 0 Å². The second kappa shape index (κ2) is 5.64. The Morgan fingerprint density at radius 2 is 2.06 bits per heavy atom. The van der Waals surface area contributed by atoms with Crippen molar-refractivity contribution in [1.82, 2.24) is 5.32 Å². The molecule has 4 heteroatoms. The van der Waals surface area contributed by atoms with E-state index in [1.807, 2.05) is 13.8 Å². The SMILES string of the molecule is CC[C@H](C)[C@H](N)C(=O)NC1(C)CCOCC1. The molecule has 0 aromatic rings. The van der Waals surface area contributed by atoms with Crippen molar-refractivity contribution in [2.45, 2.75) is 51.6 Å². The molecule has 0 spiro atoms. The maximum Gasteiger partial charge on any atom is 0.237 e. The number of rotatable bonds is 4. The topological polar surface area (TPSA) is 64.4 Å². The highest BCUT2D eigenvalue weighted by Crippen LogP contribution is 2.20. The summed E-state index contributed by atoms with van der Waals surface area (Å²) in [6.45, 7) is 7.56. The van der Waals surface area contributed by atoms with Gasteiger partial charge in [0.1, 0.15) is 0 Å². The average molecular weight is 228 g/mol. The van der Waals surface area contributed by atoms with Crippen LogP contribution in [-0.4, -0.2) is 30.7 Å². The first-order chi connectivity index (χ1) is 7.48. The van der Waals surface area contributed by atoms with E-state index in [1.54, 1.807) is 0 Å². The van der Waals surface area contributed by atoms with Crippen molar-refractivity contribution in [3.05, 3.63) is 0 Å². The van der Waals surface area contributed by atoms with Crippen LogP contribution in [0.15, 0.2) is 0 Å². The average Bonchev–Trinajstić information content (AvgIpc) is 2.27. The molecular formula is C12H24N2O2. The number of carbonyl (C=O) groups is 1. The lowest BCUT2D eigenvalue weighted by Gasteiger charge is -2.35. The Kier molecular flexibility index (Phi) is 4.74. The van der Waals surface area contributed by atoms with Crippen LogP contribution in [0.3, 0.4) is 0 Å². The number of carbonyl (C=O) groups excluding carboxylic acids is 1. The van der Waals surface area contributed by atoms with Gasteiger partial charge in [0.05, 0.1) is 6.04 Å². The van der Waals surface area contributed by atoms with Gasteiger partial charge in [0, 0.05) is 18.8 Å². The lowest BCUT2D eigenvalue weighted by atomic mass is 9.91. The first kappa shape index (κ1) is 13.5. The molecule has 94 valence electrons. The van der Waals surface area contributed by atoms with E-state index in [0.717, 1.165) is 32.5 Å². The van der Waals surface area contributed by atoms with Gasteiger partial charge in [-0.05, 0) is 25.7 Å². The highest BCUT2D eigenvalue weighted by molar-refractivity contribution is 5.82. The highest BCUT2D eigenvalue weighted by Gasteiger charge is 2.31. The van der Waals surface area contributed by atoms with Crippen molar-refractivity contribution in [2.75, 3.05) is 13.2 Å². The highest BCUT2D eigenvalue weighted by atomic mass is 16.5. The van der Waals surface area contributed by atoms with E-state index in [2.05, 4.69) is 12.2 Å². The molecule has 1 heterocycles. The molecule has 0 bridgehead atoms. The third-order valence-electron chi connectivity index (χ3n) is 3.58. The minimum Gasteiger partial charge on any atom is -0.381 e. The summed E-state index contributed by atoms with van der Waals surface area (Å²) < 4.78 is 5.29. The van der Waals surface area contributed by atoms with Crippen LogP contribution in [0.4, 0.5) is 0 Å². The van der Waals surface area contributed by atoms with Gasteiger partial charge < -0.3 is 15.8 Å². The molecule has 4 nitrogen and oxygen atoms in total. The van der Waals surface area contributed by atoms with E-state index in [-0.39, 0.29) is 17.4 Å². The fourth-order valence-corrected chi connectivity index (χ4v) is 1.84. The van der Waals surface area contributed by atoms with Crippen LogP contribution in [0, 0.1) is 5.92 Å². The largest absolute Gasteiger partial charge is 0.381 e. The monoisotopic (exact) mass is 228 g/mol. The summed E-state index contributed by atoms with van der Waals surface area (Å²) in [5.41, 5.74) is 5.77. The quantitative estimate of drug-likeness (QED) is 0.756. The molecule has 0 aromatic carbocycles. The standard InChI is InChI=1S/C12H24N2O2/c1-4-9(2)10(13)11(15)14-12(3)5-7-16-8-6-12/h9-10H,4-8,13H2,1-3H3,(H,14,15)/t9-,10-/m0/s1. The van der Waals surface area contributed by atoms with Gasteiger partial charge in [-0.25, -0.2) is 0 Å². The minimum absolute atomic E-state index is 0.0289. The zero-order valence-corrected chi connectivity index (χ0v) is 10.6. The second-order valence-corrected chi connectivity index (χ2v) is 5.07. The summed E-state index contributed by atoms with van der Waals surface area (Å²) in [7, 11) is 0. The summed E-state index contributed by atoms with van der Waals surface area (Å²) in [5, 5.41) is 3.07. The summed E-state index contributed by atoms with van der Waals surface area (Å²) in [5.74, 6) is 0.196. The van der Waals surface area contributed by atoms with Crippen molar-refractivity contribution in [1.29, 1.82) is 0 Å². The molecule has 1 aliphatic rings. The summed E-state index contributed by atoms with van der Waals surface area (Å²) >= 11 is 0. The van der Waals surface area contributed by atoms with E-state index in [1.165, 1.54) is 0 Å². The predicted octanol–water partition coefficient (Wildman–Crippen LogP) is 1.05. The lowest BCUT2D eigenvalue weighted by Crippen LogP contribution is -2.55. The van der Waals surface area contributed by atoms with E-state index in [0.29, 0.717) is 0 Å². The fraction of sp³-hybridized carbons (Fsp3) is 0.917. The van der Waals surface area contributed by atoms with E-state index >= 15 is 0 Å². The normalized spacial score (nSPS) is 23.5. The Bertz CT molecular complexity index is 237. The first-order valence-corrected chi connectivity index (χ1v) is 6.14. The number of hydrogen-bond acceptors (Lipinski definition) is 3. The molecule has 1 saturated heterocycles. The third-order valence-corrected chi connectivity index (χ3v) is 3.58. The summed E-state index contributed by atoms with van der Waals surface area (Å²) in [6, 6.07) is -0.398. The van der Waals surface area contributed by atoms with Gasteiger partial charge in [-0.1, -0.05) is 20.3 Å². The summed E-state index contributed by atoms with van der Waals surface area (Å²) in [6.07, 6.45) is 2.66. The fourth-order valence-electron chi connectivity index (χ4n) is 1.84. The summed E-state index contributed by atoms with van der Waals surface area (Å²) in [4.78, 5) is 11.9. The van der Waals surface area contributed by atoms with Gasteiger partial charge in [-0.15, -0.1) is 0 Å². The third kappa shape index (κ3) is 3.46. The van der Waals surface area contributed by atoms with E-state index in [4.69, 9.17) is 10.5 Å². The van der Waals surface area contributed by atoms with E-state index < -0.39 is 6.04 Å². The molecule has 16 heavy (non-hydrogen) atoms. The first-order valence-electron chi connectivity index (χ1n) is 6.14. The van der Waals surface area contributed by atoms with Gasteiger partial charge in [-0.2, -0.15) is 0 Å². The molecule has 0 saturated carbocycles. The molecule has 0 aliphatic carbocycles. The molecule has 0 aromatic heterocycles. The maximum atomic E-state index is 11.9. The molecule has 2 atom stereocenters. The lowest BCUT2D eigenvalue weighted by molar-refractivity contribution is -0.126. The molecule has 0 radical (unpaired) electrons. The maximum absolute atomic E-state index is 11.9. The minimum atomic E-state index is -0.398. The molecule has 0 unspecified atom stereocenters. The van der Waals surface area contributed by atoms with Gasteiger partial charge in [0.25, 0.3) is 0 Å². The van der Waals surface area contributed by atoms with Crippen LogP contribution in [0.1, 0.15) is 40.0 Å². The van der Waals surface area contributed by atoms with Crippen LogP contribution in [0.25, 0.3) is 0 Å². The van der Waals surface area contributed by atoms with E-state index in [9.17, 15) is 4.79 Å². The molecular weight excluding hydrogens is 204 g/mol. The second-order valence-electron chi connectivity index (χ2n) is 5.07. The van der Waals surface area contributed by atoms with Crippen molar-refractivity contribution < 1.29 is 9.53 Å². The number of nitrogens with one attached hydrogen (secondary N) is 1. The molecule has 3 N–H and O–H groups in total. The van der Waals surface area contributed by atoms with Gasteiger partial charge >= 0.3 is 0 Å². The van der Waals surface area contributed by atoms with Gasteiger partial charge in [-0.3, -0.25) is 4.79 Å². The molecule has 1 fully saturated rings. The zero-order valence-electron chi connectivity index (χ0n) is 10.6.